The first kappa shape index (κ1) is 19.5. The summed E-state index contributed by atoms with van der Waals surface area (Å²) in [4.78, 5) is 17.3. The van der Waals surface area contributed by atoms with E-state index in [1.807, 2.05) is 85.8 Å². The average Bonchev–Trinajstić information content (AvgIpc) is 2.79. The lowest BCUT2D eigenvalue weighted by molar-refractivity contribution is -0.118. The van der Waals surface area contributed by atoms with E-state index in [0.717, 1.165) is 22.2 Å². The van der Waals surface area contributed by atoms with Crippen LogP contribution >= 0.6 is 0 Å². The summed E-state index contributed by atoms with van der Waals surface area (Å²) in [5.74, 6) is 0.992. The van der Waals surface area contributed by atoms with Crippen molar-refractivity contribution in [3.05, 3.63) is 84.9 Å². The van der Waals surface area contributed by atoms with Gasteiger partial charge in [-0.25, -0.2) is 4.98 Å². The second-order valence-electron chi connectivity index (χ2n) is 6.65. The van der Waals surface area contributed by atoms with Crippen molar-refractivity contribution in [2.45, 2.75) is 6.92 Å². The molecule has 4 aromatic rings. The van der Waals surface area contributed by atoms with Crippen molar-refractivity contribution in [2.24, 2.45) is 0 Å². The molecule has 1 N–H and O–H groups in total. The molecule has 0 aliphatic heterocycles. The Kier molecular flexibility index (Phi) is 5.90. The molecule has 0 aliphatic carbocycles. The third-order valence-corrected chi connectivity index (χ3v) is 4.57. The van der Waals surface area contributed by atoms with E-state index in [0.29, 0.717) is 23.8 Å². The lowest BCUT2D eigenvalue weighted by Gasteiger charge is -2.13. The Bertz CT molecular complexity index is 1160. The minimum atomic E-state index is -0.260. The minimum Gasteiger partial charge on any atom is -0.492 e. The van der Waals surface area contributed by atoms with E-state index in [1.54, 1.807) is 6.07 Å². The zero-order valence-corrected chi connectivity index (χ0v) is 16.7. The molecule has 0 bridgehead atoms. The SMILES string of the molecule is CCOc1ccccc1NC(=O)COc1cc(-c2ccccc2)nc2ccccc12. The quantitative estimate of drug-likeness (QED) is 0.458. The van der Waals surface area contributed by atoms with Gasteiger partial charge in [0.15, 0.2) is 6.61 Å². The van der Waals surface area contributed by atoms with E-state index in [9.17, 15) is 4.79 Å². The second kappa shape index (κ2) is 9.09. The predicted molar refractivity (Wildman–Crippen MR) is 119 cm³/mol. The number of nitrogens with one attached hydrogen (secondary N) is 1. The molecule has 1 amide bonds. The fraction of sp³-hybridized carbons (Fsp3) is 0.120. The molecule has 30 heavy (non-hydrogen) atoms. The molecule has 0 spiro atoms. The van der Waals surface area contributed by atoms with Crippen LogP contribution in [0.1, 0.15) is 6.92 Å². The van der Waals surface area contributed by atoms with E-state index in [2.05, 4.69) is 5.32 Å². The van der Waals surface area contributed by atoms with Crippen LogP contribution in [0.3, 0.4) is 0 Å². The molecule has 5 heteroatoms. The second-order valence-corrected chi connectivity index (χ2v) is 6.65. The third-order valence-electron chi connectivity index (χ3n) is 4.57. The standard InChI is InChI=1S/C25H22N2O3/c1-2-29-23-15-9-8-14-21(23)27-25(28)17-30-24-16-22(18-10-4-3-5-11-18)26-20-13-7-6-12-19(20)24/h3-16H,2,17H2,1H3,(H,27,28). The summed E-state index contributed by atoms with van der Waals surface area (Å²) in [6, 6.07) is 26.9. The van der Waals surface area contributed by atoms with Crippen LogP contribution in [-0.4, -0.2) is 24.1 Å². The van der Waals surface area contributed by atoms with Gasteiger partial charge >= 0.3 is 0 Å². The van der Waals surface area contributed by atoms with Gasteiger partial charge in [-0.15, -0.1) is 0 Å². The zero-order valence-electron chi connectivity index (χ0n) is 16.7. The molecule has 0 fully saturated rings. The van der Waals surface area contributed by atoms with Crippen LogP contribution in [0.4, 0.5) is 5.69 Å². The van der Waals surface area contributed by atoms with Gasteiger partial charge in [0.25, 0.3) is 5.91 Å². The summed E-state index contributed by atoms with van der Waals surface area (Å²) in [5.41, 5.74) is 3.23. The maximum absolute atomic E-state index is 12.5. The van der Waals surface area contributed by atoms with E-state index in [-0.39, 0.29) is 12.5 Å². The molecule has 0 saturated carbocycles. The van der Waals surface area contributed by atoms with Gasteiger partial charge in [-0.2, -0.15) is 0 Å². The van der Waals surface area contributed by atoms with Crippen molar-refractivity contribution in [2.75, 3.05) is 18.5 Å². The van der Waals surface area contributed by atoms with Crippen LogP contribution < -0.4 is 14.8 Å². The average molecular weight is 398 g/mol. The van der Waals surface area contributed by atoms with E-state index >= 15 is 0 Å². The molecular weight excluding hydrogens is 376 g/mol. The van der Waals surface area contributed by atoms with Crippen molar-refractivity contribution < 1.29 is 14.3 Å². The Hall–Kier alpha value is -3.86. The van der Waals surface area contributed by atoms with Gasteiger partial charge in [-0.05, 0) is 31.2 Å². The Morgan fingerprint density at radius 3 is 2.43 bits per heavy atom. The number of anilines is 1. The number of para-hydroxylation sites is 3. The molecule has 4 rings (SSSR count). The fourth-order valence-corrected chi connectivity index (χ4v) is 3.20. The van der Waals surface area contributed by atoms with Crippen LogP contribution in [0.25, 0.3) is 22.2 Å². The first-order valence-electron chi connectivity index (χ1n) is 9.84. The van der Waals surface area contributed by atoms with Gasteiger partial charge in [-0.3, -0.25) is 4.79 Å². The van der Waals surface area contributed by atoms with Gasteiger partial charge in [0, 0.05) is 17.0 Å². The predicted octanol–water partition coefficient (Wildman–Crippen LogP) is 5.32. The van der Waals surface area contributed by atoms with E-state index in [1.165, 1.54) is 0 Å². The molecule has 1 aromatic heterocycles. The molecule has 0 unspecified atom stereocenters. The zero-order chi connectivity index (χ0) is 20.8. The highest BCUT2D eigenvalue weighted by Gasteiger charge is 2.12. The van der Waals surface area contributed by atoms with Crippen LogP contribution in [0.15, 0.2) is 84.9 Å². The summed E-state index contributed by atoms with van der Waals surface area (Å²) in [6.07, 6.45) is 0. The number of pyridine rings is 1. The molecule has 150 valence electrons. The highest BCUT2D eigenvalue weighted by Crippen LogP contribution is 2.30. The smallest absolute Gasteiger partial charge is 0.262 e. The van der Waals surface area contributed by atoms with Crippen molar-refractivity contribution >= 4 is 22.5 Å². The van der Waals surface area contributed by atoms with Crippen molar-refractivity contribution in [3.8, 4) is 22.8 Å². The van der Waals surface area contributed by atoms with Gasteiger partial charge in [0.1, 0.15) is 11.5 Å². The molecule has 3 aromatic carbocycles. The van der Waals surface area contributed by atoms with Crippen LogP contribution in [0, 0.1) is 0 Å². The van der Waals surface area contributed by atoms with E-state index < -0.39 is 0 Å². The topological polar surface area (TPSA) is 60.5 Å². The van der Waals surface area contributed by atoms with Crippen LogP contribution in [-0.2, 0) is 4.79 Å². The monoisotopic (exact) mass is 398 g/mol. The summed E-state index contributed by atoms with van der Waals surface area (Å²) in [6.45, 7) is 2.30. The van der Waals surface area contributed by atoms with Crippen LogP contribution in [0.2, 0.25) is 0 Å². The highest BCUT2D eigenvalue weighted by molar-refractivity contribution is 5.94. The number of carbonyl (C=O) groups is 1. The number of benzene rings is 3. The van der Waals surface area contributed by atoms with Crippen molar-refractivity contribution in [1.82, 2.24) is 4.98 Å². The molecule has 0 radical (unpaired) electrons. The molecule has 0 atom stereocenters. The Balaban J connectivity index is 1.56. The van der Waals surface area contributed by atoms with Crippen LogP contribution in [0.5, 0.6) is 11.5 Å². The van der Waals surface area contributed by atoms with Gasteiger partial charge in [-0.1, -0.05) is 54.6 Å². The summed E-state index contributed by atoms with van der Waals surface area (Å²) in [7, 11) is 0. The number of nitrogens with zero attached hydrogens (tertiary/aromatic N) is 1. The number of hydrogen-bond acceptors (Lipinski definition) is 4. The fourth-order valence-electron chi connectivity index (χ4n) is 3.20. The summed E-state index contributed by atoms with van der Waals surface area (Å²) in [5, 5.41) is 3.72. The molecule has 5 nitrogen and oxygen atoms in total. The number of rotatable bonds is 7. The lowest BCUT2D eigenvalue weighted by atomic mass is 10.1. The Labute approximate surface area is 175 Å². The van der Waals surface area contributed by atoms with Gasteiger partial charge in [0.05, 0.1) is 23.5 Å². The van der Waals surface area contributed by atoms with Gasteiger partial charge in [0.2, 0.25) is 0 Å². The molecule has 1 heterocycles. The molecular formula is C25H22N2O3. The minimum absolute atomic E-state index is 0.122. The normalized spacial score (nSPS) is 10.6. The third kappa shape index (κ3) is 4.41. The first-order valence-corrected chi connectivity index (χ1v) is 9.84. The number of carbonyl (C=O) groups excluding carboxylic acids is 1. The Morgan fingerprint density at radius 2 is 1.60 bits per heavy atom. The number of amides is 1. The van der Waals surface area contributed by atoms with Crippen molar-refractivity contribution in [3.63, 3.8) is 0 Å². The number of ether oxygens (including phenoxy) is 2. The highest BCUT2D eigenvalue weighted by atomic mass is 16.5. The maximum Gasteiger partial charge on any atom is 0.262 e. The Morgan fingerprint density at radius 1 is 0.867 bits per heavy atom. The first-order chi connectivity index (χ1) is 14.7. The van der Waals surface area contributed by atoms with Crippen molar-refractivity contribution in [1.29, 1.82) is 0 Å². The van der Waals surface area contributed by atoms with Gasteiger partial charge < -0.3 is 14.8 Å². The number of hydrogen-bond donors (Lipinski definition) is 1. The largest absolute Gasteiger partial charge is 0.492 e. The molecule has 0 aliphatic rings. The number of fused-ring (bicyclic) bond motifs is 1. The lowest BCUT2D eigenvalue weighted by Crippen LogP contribution is -2.20. The summed E-state index contributed by atoms with van der Waals surface area (Å²) < 4.78 is 11.5. The number of aromatic nitrogens is 1. The maximum atomic E-state index is 12.5. The molecule has 0 saturated heterocycles. The summed E-state index contributed by atoms with van der Waals surface area (Å²) >= 11 is 0. The van der Waals surface area contributed by atoms with E-state index in [4.69, 9.17) is 14.5 Å².